The quantitative estimate of drug-likeness (QED) is 0.668. The van der Waals surface area contributed by atoms with Gasteiger partial charge < -0.3 is 15.0 Å². The topological polar surface area (TPSA) is 65.4 Å². The van der Waals surface area contributed by atoms with Crippen molar-refractivity contribution in [2.24, 2.45) is 0 Å². The number of amides is 1. The van der Waals surface area contributed by atoms with Crippen LogP contribution in [-0.4, -0.2) is 37.6 Å². The summed E-state index contributed by atoms with van der Waals surface area (Å²) in [4.78, 5) is 15.7. The van der Waals surface area contributed by atoms with Gasteiger partial charge in [0, 0.05) is 24.4 Å². The maximum absolute atomic E-state index is 12.3. The van der Waals surface area contributed by atoms with Crippen LogP contribution in [0.3, 0.4) is 0 Å². The van der Waals surface area contributed by atoms with Crippen LogP contribution in [0.5, 0.6) is 5.75 Å². The van der Waals surface area contributed by atoms with Crippen LogP contribution < -0.4 is 10.1 Å². The van der Waals surface area contributed by atoms with Crippen molar-refractivity contribution in [3.8, 4) is 11.8 Å². The Morgan fingerprint density at radius 3 is 2.89 bits per heavy atom. The maximum Gasteiger partial charge on any atom is 0.226 e. The third-order valence-corrected chi connectivity index (χ3v) is 5.91. The Morgan fingerprint density at radius 2 is 2.11 bits per heavy atom. The average molecular weight is 384 g/mol. The Hall–Kier alpha value is -2.36. The predicted molar refractivity (Wildman–Crippen MR) is 108 cm³/mol. The first kappa shape index (κ1) is 19.4. The smallest absolute Gasteiger partial charge is 0.226 e. The Kier molecular flexibility index (Phi) is 6.86. The molecule has 1 aliphatic carbocycles. The number of para-hydroxylation sites is 1. The fourth-order valence-corrected chi connectivity index (χ4v) is 4.50. The fourth-order valence-electron chi connectivity index (χ4n) is 3.25. The highest BCUT2D eigenvalue weighted by Crippen LogP contribution is 2.38. The summed E-state index contributed by atoms with van der Waals surface area (Å²) in [6, 6.07) is 12.0. The molecule has 142 valence electrons. The number of thiophene rings is 1. The zero-order chi connectivity index (χ0) is 19.1. The molecule has 0 saturated carbocycles. The van der Waals surface area contributed by atoms with E-state index in [1.165, 1.54) is 4.88 Å². The van der Waals surface area contributed by atoms with Crippen molar-refractivity contribution in [1.29, 1.82) is 5.26 Å². The lowest BCUT2D eigenvalue weighted by Gasteiger charge is -2.16. The van der Waals surface area contributed by atoms with Gasteiger partial charge in [0.1, 0.15) is 16.8 Å². The van der Waals surface area contributed by atoms with Crippen LogP contribution in [0.1, 0.15) is 35.3 Å². The van der Waals surface area contributed by atoms with E-state index in [9.17, 15) is 10.1 Å². The van der Waals surface area contributed by atoms with Crippen molar-refractivity contribution in [2.45, 2.75) is 32.1 Å². The third-order valence-electron chi connectivity index (χ3n) is 4.70. The van der Waals surface area contributed by atoms with Gasteiger partial charge in [0.05, 0.1) is 12.2 Å². The summed E-state index contributed by atoms with van der Waals surface area (Å²) >= 11 is 1.57. The molecule has 27 heavy (non-hydrogen) atoms. The monoisotopic (exact) mass is 383 g/mol. The highest BCUT2D eigenvalue weighted by atomic mass is 32.1. The largest absolute Gasteiger partial charge is 0.494 e. The van der Waals surface area contributed by atoms with Gasteiger partial charge in [-0.25, -0.2) is 0 Å². The van der Waals surface area contributed by atoms with E-state index >= 15 is 0 Å². The van der Waals surface area contributed by atoms with Crippen LogP contribution in [0.4, 0.5) is 5.00 Å². The SMILES string of the molecule is CN(CCCOc1ccccc1)CCC(=O)Nc1sc2c(c1C#N)CCC2. The van der Waals surface area contributed by atoms with Crippen molar-refractivity contribution in [2.75, 3.05) is 32.1 Å². The molecule has 6 heteroatoms. The molecule has 1 N–H and O–H groups in total. The van der Waals surface area contributed by atoms with Gasteiger partial charge in [0.2, 0.25) is 5.91 Å². The van der Waals surface area contributed by atoms with Gasteiger partial charge in [-0.15, -0.1) is 11.3 Å². The van der Waals surface area contributed by atoms with Crippen molar-refractivity contribution in [3.05, 3.63) is 46.3 Å². The van der Waals surface area contributed by atoms with E-state index in [1.807, 2.05) is 37.4 Å². The van der Waals surface area contributed by atoms with Crippen molar-refractivity contribution < 1.29 is 9.53 Å². The molecule has 1 aromatic carbocycles. The molecule has 0 unspecified atom stereocenters. The van der Waals surface area contributed by atoms with Crippen molar-refractivity contribution >= 4 is 22.2 Å². The van der Waals surface area contributed by atoms with E-state index in [0.29, 0.717) is 25.1 Å². The molecule has 1 aliphatic rings. The Balaban J connectivity index is 1.36. The number of rotatable bonds is 9. The second kappa shape index (κ2) is 9.54. The van der Waals surface area contributed by atoms with Crippen LogP contribution in [0.25, 0.3) is 0 Å². The van der Waals surface area contributed by atoms with Gasteiger partial charge >= 0.3 is 0 Å². The highest BCUT2D eigenvalue weighted by Gasteiger charge is 2.23. The summed E-state index contributed by atoms with van der Waals surface area (Å²) in [6.45, 7) is 2.22. The normalized spacial score (nSPS) is 12.6. The minimum absolute atomic E-state index is 0.0289. The van der Waals surface area contributed by atoms with E-state index in [1.54, 1.807) is 11.3 Å². The zero-order valence-corrected chi connectivity index (χ0v) is 16.5. The van der Waals surface area contributed by atoms with Crippen LogP contribution in [-0.2, 0) is 17.6 Å². The molecule has 0 spiro atoms. The van der Waals surface area contributed by atoms with Gasteiger partial charge in [-0.1, -0.05) is 18.2 Å². The third kappa shape index (κ3) is 5.31. The Bertz CT molecular complexity index is 811. The first-order valence-corrected chi connectivity index (χ1v) is 10.2. The first-order valence-electron chi connectivity index (χ1n) is 9.38. The molecular weight excluding hydrogens is 358 g/mol. The molecule has 1 aromatic heterocycles. The lowest BCUT2D eigenvalue weighted by molar-refractivity contribution is -0.116. The molecule has 3 rings (SSSR count). The molecular formula is C21H25N3O2S. The van der Waals surface area contributed by atoms with Crippen LogP contribution >= 0.6 is 11.3 Å². The summed E-state index contributed by atoms with van der Waals surface area (Å²) in [7, 11) is 2.01. The van der Waals surface area contributed by atoms with Crippen LogP contribution in [0, 0.1) is 11.3 Å². The summed E-state index contributed by atoms with van der Waals surface area (Å²) in [5.74, 6) is 0.856. The van der Waals surface area contributed by atoms with E-state index in [0.717, 1.165) is 48.5 Å². The summed E-state index contributed by atoms with van der Waals surface area (Å²) in [5.41, 5.74) is 1.82. The number of nitrogens with one attached hydrogen (secondary N) is 1. The standard InChI is InChI=1S/C21H25N3O2S/c1-24(12-6-14-26-16-7-3-2-4-8-16)13-11-20(25)23-21-18(15-22)17-9-5-10-19(17)27-21/h2-4,7-8H,5-6,9-14H2,1H3,(H,23,25). The molecule has 1 heterocycles. The van der Waals surface area contributed by atoms with E-state index < -0.39 is 0 Å². The van der Waals surface area contributed by atoms with Crippen LogP contribution in [0.2, 0.25) is 0 Å². The molecule has 0 bridgehead atoms. The summed E-state index contributed by atoms with van der Waals surface area (Å²) in [6.07, 6.45) is 4.42. The average Bonchev–Trinajstić information content (AvgIpc) is 3.25. The number of nitrogens with zero attached hydrogens (tertiary/aromatic N) is 2. The number of carbonyl (C=O) groups excluding carboxylic acids is 1. The number of hydrogen-bond donors (Lipinski definition) is 1. The van der Waals surface area contributed by atoms with E-state index in [-0.39, 0.29) is 5.91 Å². The van der Waals surface area contributed by atoms with Gasteiger partial charge in [-0.2, -0.15) is 5.26 Å². The van der Waals surface area contributed by atoms with Gasteiger partial charge in [-0.3, -0.25) is 4.79 Å². The number of ether oxygens (including phenoxy) is 1. The van der Waals surface area contributed by atoms with Gasteiger partial charge in [-0.05, 0) is 50.4 Å². The number of benzene rings is 1. The molecule has 0 fully saturated rings. The lowest BCUT2D eigenvalue weighted by atomic mass is 10.1. The molecule has 0 aliphatic heterocycles. The van der Waals surface area contributed by atoms with Crippen molar-refractivity contribution in [3.63, 3.8) is 0 Å². The molecule has 0 atom stereocenters. The number of nitriles is 1. The minimum Gasteiger partial charge on any atom is -0.494 e. The second-order valence-corrected chi connectivity index (χ2v) is 7.89. The fraction of sp³-hybridized carbons (Fsp3) is 0.429. The number of hydrogen-bond acceptors (Lipinski definition) is 5. The summed E-state index contributed by atoms with van der Waals surface area (Å²) < 4.78 is 5.68. The van der Waals surface area contributed by atoms with Gasteiger partial charge in [0.25, 0.3) is 0 Å². The number of anilines is 1. The molecule has 0 radical (unpaired) electrons. The van der Waals surface area contributed by atoms with Gasteiger partial charge in [0.15, 0.2) is 0 Å². The lowest BCUT2D eigenvalue weighted by Crippen LogP contribution is -2.26. The maximum atomic E-state index is 12.3. The molecule has 0 saturated heterocycles. The van der Waals surface area contributed by atoms with E-state index in [2.05, 4.69) is 16.3 Å². The first-order chi connectivity index (χ1) is 13.2. The predicted octanol–water partition coefficient (Wildman–Crippen LogP) is 3.84. The number of fused-ring (bicyclic) bond motifs is 1. The molecule has 2 aromatic rings. The zero-order valence-electron chi connectivity index (χ0n) is 15.7. The minimum atomic E-state index is -0.0289. The van der Waals surface area contributed by atoms with Crippen molar-refractivity contribution in [1.82, 2.24) is 4.90 Å². The van der Waals surface area contributed by atoms with E-state index in [4.69, 9.17) is 4.74 Å². The number of carbonyl (C=O) groups is 1. The Labute approximate surface area is 164 Å². The second-order valence-electron chi connectivity index (χ2n) is 6.79. The Morgan fingerprint density at radius 1 is 1.30 bits per heavy atom. The molecule has 5 nitrogen and oxygen atoms in total. The molecule has 1 amide bonds. The number of aryl methyl sites for hydroxylation is 1. The van der Waals surface area contributed by atoms with Crippen LogP contribution in [0.15, 0.2) is 30.3 Å². The summed E-state index contributed by atoms with van der Waals surface area (Å²) in [5, 5.41) is 13.1. The highest BCUT2D eigenvalue weighted by molar-refractivity contribution is 7.16.